The van der Waals surface area contributed by atoms with Gasteiger partial charge in [0.15, 0.2) is 5.96 Å². The maximum absolute atomic E-state index is 6.02. The summed E-state index contributed by atoms with van der Waals surface area (Å²) < 4.78 is 10.6. The van der Waals surface area contributed by atoms with Crippen LogP contribution in [0.2, 0.25) is 0 Å². The van der Waals surface area contributed by atoms with Crippen molar-refractivity contribution >= 4 is 41.3 Å². The molecule has 1 saturated heterocycles. The van der Waals surface area contributed by atoms with Crippen LogP contribution in [0, 0.1) is 5.92 Å². The number of hydrogen-bond acceptors (Lipinski definition) is 4. The predicted octanol–water partition coefficient (Wildman–Crippen LogP) is 3.57. The second kappa shape index (κ2) is 10.2. The highest BCUT2D eigenvalue weighted by atomic mass is 127. The Kier molecular flexibility index (Phi) is 8.02. The molecule has 27 heavy (non-hydrogen) atoms. The van der Waals surface area contributed by atoms with Gasteiger partial charge in [-0.1, -0.05) is 12.1 Å². The van der Waals surface area contributed by atoms with Gasteiger partial charge in [-0.25, -0.2) is 0 Å². The number of rotatable bonds is 6. The molecule has 1 fully saturated rings. The first-order chi connectivity index (χ1) is 12.7. The number of nitrogens with one attached hydrogen (secondary N) is 1. The number of para-hydroxylation sites is 2. The minimum atomic E-state index is 0. The largest absolute Gasteiger partial charge is 0.497 e. The van der Waals surface area contributed by atoms with E-state index in [0.717, 1.165) is 42.4 Å². The van der Waals surface area contributed by atoms with Gasteiger partial charge in [0.2, 0.25) is 0 Å². The van der Waals surface area contributed by atoms with Crippen molar-refractivity contribution in [1.29, 1.82) is 0 Å². The summed E-state index contributed by atoms with van der Waals surface area (Å²) in [5.74, 6) is 2.65. The Labute approximate surface area is 177 Å². The summed E-state index contributed by atoms with van der Waals surface area (Å²) in [6, 6.07) is 15.7. The van der Waals surface area contributed by atoms with Crippen molar-refractivity contribution in [3.63, 3.8) is 0 Å². The first-order valence-corrected chi connectivity index (χ1v) is 8.78. The number of guanidine groups is 1. The van der Waals surface area contributed by atoms with Crippen molar-refractivity contribution in [1.82, 2.24) is 0 Å². The second-order valence-corrected chi connectivity index (χ2v) is 6.35. The summed E-state index contributed by atoms with van der Waals surface area (Å²) in [6.07, 6.45) is 1.09. The zero-order chi connectivity index (χ0) is 18.4. The zero-order valence-electron chi connectivity index (χ0n) is 15.7. The lowest BCUT2D eigenvalue weighted by atomic mass is 10.1. The van der Waals surface area contributed by atoms with E-state index in [-0.39, 0.29) is 24.0 Å². The van der Waals surface area contributed by atoms with Gasteiger partial charge in [0.1, 0.15) is 11.5 Å². The summed E-state index contributed by atoms with van der Waals surface area (Å²) in [7, 11) is 3.36. The van der Waals surface area contributed by atoms with Crippen LogP contribution in [0.5, 0.6) is 11.5 Å². The SMILES string of the molecule is COc1ccc(NC(N)=NCC2CCN(c3ccccc3OC)C2)cc1.I. The fourth-order valence-corrected chi connectivity index (χ4v) is 3.18. The molecule has 1 unspecified atom stereocenters. The molecule has 1 aliphatic heterocycles. The standard InChI is InChI=1S/C20H26N4O2.HI/c1-25-17-9-7-16(8-10-17)23-20(21)22-13-15-11-12-24(14-15)18-5-3-4-6-19(18)26-2;/h3-10,15H,11-14H2,1-2H3,(H3,21,22,23);1H. The lowest BCUT2D eigenvalue weighted by Crippen LogP contribution is -2.25. The highest BCUT2D eigenvalue weighted by Crippen LogP contribution is 2.31. The van der Waals surface area contributed by atoms with Crippen molar-refractivity contribution in [2.75, 3.05) is 44.1 Å². The van der Waals surface area contributed by atoms with Gasteiger partial charge in [0.05, 0.1) is 19.9 Å². The average Bonchev–Trinajstić information content (AvgIpc) is 3.16. The van der Waals surface area contributed by atoms with E-state index in [2.05, 4.69) is 21.3 Å². The normalized spacial score (nSPS) is 16.6. The van der Waals surface area contributed by atoms with Crippen LogP contribution >= 0.6 is 24.0 Å². The number of nitrogens with zero attached hydrogens (tertiary/aromatic N) is 2. The highest BCUT2D eigenvalue weighted by molar-refractivity contribution is 14.0. The highest BCUT2D eigenvalue weighted by Gasteiger charge is 2.24. The van der Waals surface area contributed by atoms with Crippen LogP contribution in [0.1, 0.15) is 6.42 Å². The van der Waals surface area contributed by atoms with Crippen LogP contribution in [0.25, 0.3) is 0 Å². The number of anilines is 2. The third kappa shape index (κ3) is 5.66. The molecular weight excluding hydrogens is 455 g/mol. The molecule has 0 aliphatic carbocycles. The fourth-order valence-electron chi connectivity index (χ4n) is 3.18. The van der Waals surface area contributed by atoms with Gasteiger partial charge in [-0.2, -0.15) is 0 Å². The number of ether oxygens (including phenoxy) is 2. The van der Waals surface area contributed by atoms with Crippen LogP contribution < -0.4 is 25.4 Å². The Morgan fingerprint density at radius 3 is 2.59 bits per heavy atom. The van der Waals surface area contributed by atoms with E-state index < -0.39 is 0 Å². The van der Waals surface area contributed by atoms with Crippen molar-refractivity contribution in [2.45, 2.75) is 6.42 Å². The summed E-state index contributed by atoms with van der Waals surface area (Å²) in [6.45, 7) is 2.67. The third-order valence-electron chi connectivity index (χ3n) is 4.59. The molecule has 1 atom stereocenters. The summed E-state index contributed by atoms with van der Waals surface area (Å²) >= 11 is 0. The second-order valence-electron chi connectivity index (χ2n) is 6.35. The number of hydrogen-bond donors (Lipinski definition) is 2. The van der Waals surface area contributed by atoms with Crippen molar-refractivity contribution in [3.8, 4) is 11.5 Å². The van der Waals surface area contributed by atoms with E-state index in [1.165, 1.54) is 0 Å². The van der Waals surface area contributed by atoms with Gasteiger partial charge in [0, 0.05) is 25.3 Å². The molecule has 2 aromatic carbocycles. The maximum atomic E-state index is 6.02. The molecule has 7 heteroatoms. The lowest BCUT2D eigenvalue weighted by molar-refractivity contribution is 0.414. The van der Waals surface area contributed by atoms with Crippen LogP contribution in [0.4, 0.5) is 11.4 Å². The minimum Gasteiger partial charge on any atom is -0.497 e. The molecule has 0 spiro atoms. The molecule has 1 heterocycles. The molecule has 3 rings (SSSR count). The minimum absolute atomic E-state index is 0. The molecule has 0 aromatic heterocycles. The molecule has 6 nitrogen and oxygen atoms in total. The maximum Gasteiger partial charge on any atom is 0.193 e. The molecule has 1 aliphatic rings. The van der Waals surface area contributed by atoms with E-state index in [9.17, 15) is 0 Å². The van der Waals surface area contributed by atoms with Gasteiger partial charge in [-0.15, -0.1) is 24.0 Å². The summed E-state index contributed by atoms with van der Waals surface area (Å²) in [5.41, 5.74) is 8.06. The Balaban J connectivity index is 0.00000261. The van der Waals surface area contributed by atoms with Crippen molar-refractivity contribution < 1.29 is 9.47 Å². The third-order valence-corrected chi connectivity index (χ3v) is 4.59. The Bertz CT molecular complexity index is 752. The topological polar surface area (TPSA) is 72.1 Å². The number of methoxy groups -OCH3 is 2. The molecule has 0 bridgehead atoms. The first-order valence-electron chi connectivity index (χ1n) is 8.78. The van der Waals surface area contributed by atoms with E-state index in [4.69, 9.17) is 15.2 Å². The lowest BCUT2D eigenvalue weighted by Gasteiger charge is -2.21. The van der Waals surface area contributed by atoms with E-state index in [1.54, 1.807) is 14.2 Å². The Morgan fingerprint density at radius 1 is 1.15 bits per heavy atom. The van der Waals surface area contributed by atoms with Crippen molar-refractivity contribution in [2.24, 2.45) is 16.6 Å². The summed E-state index contributed by atoms with van der Waals surface area (Å²) in [5, 5.41) is 3.12. The van der Waals surface area contributed by atoms with Gasteiger partial charge in [0.25, 0.3) is 0 Å². The Hall–Kier alpha value is -2.16. The average molecular weight is 482 g/mol. The molecule has 0 radical (unpaired) electrons. The molecule has 0 amide bonds. The van der Waals surface area contributed by atoms with Crippen LogP contribution in [-0.2, 0) is 0 Å². The zero-order valence-corrected chi connectivity index (χ0v) is 18.1. The number of benzene rings is 2. The van der Waals surface area contributed by atoms with Gasteiger partial charge in [-0.3, -0.25) is 4.99 Å². The van der Waals surface area contributed by atoms with Crippen molar-refractivity contribution in [3.05, 3.63) is 48.5 Å². The quantitative estimate of drug-likeness (QED) is 0.374. The molecule has 3 N–H and O–H groups in total. The van der Waals surface area contributed by atoms with E-state index >= 15 is 0 Å². The molecule has 146 valence electrons. The number of nitrogens with two attached hydrogens (primary N) is 1. The van der Waals surface area contributed by atoms with Crippen LogP contribution in [0.3, 0.4) is 0 Å². The molecular formula is C20H27IN4O2. The van der Waals surface area contributed by atoms with Crippen LogP contribution in [-0.4, -0.2) is 39.8 Å². The van der Waals surface area contributed by atoms with Gasteiger partial charge >= 0.3 is 0 Å². The number of aliphatic imine (C=N–C) groups is 1. The Morgan fingerprint density at radius 2 is 1.89 bits per heavy atom. The fraction of sp³-hybridized carbons (Fsp3) is 0.350. The van der Waals surface area contributed by atoms with E-state index in [0.29, 0.717) is 18.4 Å². The van der Waals surface area contributed by atoms with Gasteiger partial charge in [-0.05, 0) is 48.7 Å². The molecule has 2 aromatic rings. The predicted molar refractivity (Wildman–Crippen MR) is 122 cm³/mol. The van der Waals surface area contributed by atoms with Crippen LogP contribution in [0.15, 0.2) is 53.5 Å². The monoisotopic (exact) mass is 482 g/mol. The summed E-state index contributed by atoms with van der Waals surface area (Å²) in [4.78, 5) is 6.86. The first kappa shape index (κ1) is 21.1. The molecule has 0 saturated carbocycles. The van der Waals surface area contributed by atoms with E-state index in [1.807, 2.05) is 42.5 Å². The number of halogens is 1. The van der Waals surface area contributed by atoms with Gasteiger partial charge < -0.3 is 25.4 Å². The smallest absolute Gasteiger partial charge is 0.193 e.